The molecule has 27 heavy (non-hydrogen) atoms. The predicted molar refractivity (Wildman–Crippen MR) is 109 cm³/mol. The molecule has 1 aliphatic carbocycles. The smallest absolute Gasteiger partial charge is 0.237 e. The summed E-state index contributed by atoms with van der Waals surface area (Å²) >= 11 is 0. The minimum Gasteiger partial charge on any atom is -0.351 e. The third kappa shape index (κ3) is 4.04. The molecule has 1 saturated carbocycles. The van der Waals surface area contributed by atoms with Crippen molar-refractivity contribution in [2.75, 3.05) is 0 Å². The summed E-state index contributed by atoms with van der Waals surface area (Å²) in [4.78, 5) is 12.7. The number of carbonyl (C=O) groups is 1. The fourth-order valence-corrected chi connectivity index (χ4v) is 4.57. The average molecular weight is 389 g/mol. The summed E-state index contributed by atoms with van der Waals surface area (Å²) in [6.45, 7) is 4.62. The molecule has 0 spiro atoms. The predicted octanol–water partition coefficient (Wildman–Crippen LogP) is 3.45. The van der Waals surface area contributed by atoms with Crippen molar-refractivity contribution in [3.8, 4) is 5.69 Å². The van der Waals surface area contributed by atoms with Gasteiger partial charge in [0.15, 0.2) is 0 Å². The second-order valence-corrected chi connectivity index (χ2v) is 7.72. The van der Waals surface area contributed by atoms with Crippen LogP contribution in [0.4, 0.5) is 0 Å². The van der Waals surface area contributed by atoms with Gasteiger partial charge in [0, 0.05) is 23.8 Å². The Labute approximate surface area is 167 Å². The Morgan fingerprint density at radius 3 is 2.70 bits per heavy atom. The lowest BCUT2D eigenvalue weighted by atomic mass is 9.85. The van der Waals surface area contributed by atoms with Crippen molar-refractivity contribution in [3.05, 3.63) is 47.3 Å². The molecule has 3 atom stereocenters. The van der Waals surface area contributed by atoms with Gasteiger partial charge in [-0.25, -0.2) is 4.68 Å². The van der Waals surface area contributed by atoms with Crippen molar-refractivity contribution < 1.29 is 4.79 Å². The first-order valence-corrected chi connectivity index (χ1v) is 9.78. The fourth-order valence-electron chi connectivity index (χ4n) is 4.57. The Kier molecular flexibility index (Phi) is 6.22. The Balaban J connectivity index is 0.00000210. The van der Waals surface area contributed by atoms with Gasteiger partial charge >= 0.3 is 0 Å². The summed E-state index contributed by atoms with van der Waals surface area (Å²) in [6.07, 6.45) is 6.07. The van der Waals surface area contributed by atoms with Gasteiger partial charge in [-0.3, -0.25) is 4.79 Å². The maximum atomic E-state index is 12.7. The van der Waals surface area contributed by atoms with Crippen LogP contribution in [0.2, 0.25) is 0 Å². The molecular weight excluding hydrogens is 360 g/mol. The SMILES string of the molecule is Cc1nn(-c2ccccc2)c(C)c1CNC(=O)C1CC2CCCCC2N1.Cl. The molecule has 5 nitrogen and oxygen atoms in total. The number of carbonyl (C=O) groups excluding carboxylic acids is 1. The van der Waals surface area contributed by atoms with Gasteiger partial charge in [-0.2, -0.15) is 5.10 Å². The lowest BCUT2D eigenvalue weighted by Gasteiger charge is -2.24. The van der Waals surface area contributed by atoms with E-state index < -0.39 is 0 Å². The van der Waals surface area contributed by atoms with Crippen molar-refractivity contribution in [2.24, 2.45) is 5.92 Å². The van der Waals surface area contributed by atoms with E-state index in [0.717, 1.165) is 29.1 Å². The van der Waals surface area contributed by atoms with Gasteiger partial charge in [0.2, 0.25) is 5.91 Å². The number of rotatable bonds is 4. The van der Waals surface area contributed by atoms with E-state index in [1.807, 2.05) is 41.9 Å². The molecule has 1 aromatic heterocycles. The summed E-state index contributed by atoms with van der Waals surface area (Å²) in [5.74, 6) is 0.814. The highest BCUT2D eigenvalue weighted by Gasteiger charge is 2.38. The van der Waals surface area contributed by atoms with Crippen LogP contribution < -0.4 is 10.6 Å². The zero-order valence-corrected chi connectivity index (χ0v) is 16.9. The number of aromatic nitrogens is 2. The third-order valence-corrected chi connectivity index (χ3v) is 6.06. The highest BCUT2D eigenvalue weighted by atomic mass is 35.5. The maximum Gasteiger partial charge on any atom is 0.237 e. The van der Waals surface area contributed by atoms with Crippen LogP contribution in [0.3, 0.4) is 0 Å². The molecule has 3 unspecified atom stereocenters. The lowest BCUT2D eigenvalue weighted by molar-refractivity contribution is -0.123. The van der Waals surface area contributed by atoms with Crippen molar-refractivity contribution in [3.63, 3.8) is 0 Å². The van der Waals surface area contributed by atoms with Crippen LogP contribution in [0.5, 0.6) is 0 Å². The quantitative estimate of drug-likeness (QED) is 0.843. The van der Waals surface area contributed by atoms with Crippen LogP contribution in [0, 0.1) is 19.8 Å². The van der Waals surface area contributed by atoms with Crippen LogP contribution in [-0.2, 0) is 11.3 Å². The van der Waals surface area contributed by atoms with E-state index >= 15 is 0 Å². The normalized spacial score (nSPS) is 24.1. The van der Waals surface area contributed by atoms with Gasteiger partial charge in [-0.15, -0.1) is 12.4 Å². The fraction of sp³-hybridized carbons (Fsp3) is 0.524. The van der Waals surface area contributed by atoms with E-state index in [9.17, 15) is 4.79 Å². The van der Waals surface area contributed by atoms with Crippen LogP contribution in [0.25, 0.3) is 5.69 Å². The first kappa shape index (κ1) is 19.9. The van der Waals surface area contributed by atoms with E-state index in [1.54, 1.807) is 0 Å². The van der Waals surface area contributed by atoms with E-state index in [1.165, 1.54) is 25.7 Å². The lowest BCUT2D eigenvalue weighted by Crippen LogP contribution is -2.43. The Morgan fingerprint density at radius 2 is 1.96 bits per heavy atom. The number of hydrogen-bond donors (Lipinski definition) is 2. The molecule has 6 heteroatoms. The highest BCUT2D eigenvalue weighted by molar-refractivity contribution is 5.85. The van der Waals surface area contributed by atoms with E-state index in [4.69, 9.17) is 0 Å². The van der Waals surface area contributed by atoms with Crippen LogP contribution in [0.15, 0.2) is 30.3 Å². The molecule has 2 heterocycles. The number of halogens is 1. The zero-order valence-electron chi connectivity index (χ0n) is 16.1. The molecule has 4 rings (SSSR count). The standard InChI is InChI=1S/C21H28N4O.ClH/c1-14-18(15(2)25(24-14)17-9-4-3-5-10-17)13-22-21(26)20-12-16-8-6-7-11-19(16)23-20;/h3-5,9-10,16,19-20,23H,6-8,11-13H2,1-2H3,(H,22,26);1H. The monoisotopic (exact) mass is 388 g/mol. The molecule has 0 bridgehead atoms. The number of para-hydroxylation sites is 1. The molecule has 146 valence electrons. The molecule has 0 radical (unpaired) electrons. The number of hydrogen-bond acceptors (Lipinski definition) is 3. The summed E-state index contributed by atoms with van der Waals surface area (Å²) < 4.78 is 1.96. The second kappa shape index (κ2) is 8.44. The molecule has 1 aliphatic heterocycles. The molecule has 2 aliphatic rings. The Hall–Kier alpha value is -1.85. The van der Waals surface area contributed by atoms with Crippen molar-refractivity contribution in [1.82, 2.24) is 20.4 Å². The number of amides is 1. The van der Waals surface area contributed by atoms with Crippen molar-refractivity contribution >= 4 is 18.3 Å². The number of fused-ring (bicyclic) bond motifs is 1. The number of aryl methyl sites for hydroxylation is 1. The molecule has 2 fully saturated rings. The van der Waals surface area contributed by atoms with Gasteiger partial charge in [0.1, 0.15) is 0 Å². The summed E-state index contributed by atoms with van der Waals surface area (Å²) in [5.41, 5.74) is 4.21. The summed E-state index contributed by atoms with van der Waals surface area (Å²) in [5, 5.41) is 11.4. The summed E-state index contributed by atoms with van der Waals surface area (Å²) in [7, 11) is 0. The molecule has 1 aromatic carbocycles. The van der Waals surface area contributed by atoms with E-state index in [0.29, 0.717) is 18.5 Å². The highest BCUT2D eigenvalue weighted by Crippen LogP contribution is 2.33. The minimum atomic E-state index is -0.0344. The van der Waals surface area contributed by atoms with Crippen LogP contribution >= 0.6 is 12.4 Å². The minimum absolute atomic E-state index is 0. The van der Waals surface area contributed by atoms with Gasteiger partial charge in [0.25, 0.3) is 0 Å². The van der Waals surface area contributed by atoms with Crippen molar-refractivity contribution in [1.29, 1.82) is 0 Å². The third-order valence-electron chi connectivity index (χ3n) is 6.06. The average Bonchev–Trinajstić information content (AvgIpc) is 3.22. The number of benzene rings is 1. The first-order valence-electron chi connectivity index (χ1n) is 9.78. The Bertz CT molecular complexity index is 775. The van der Waals surface area contributed by atoms with E-state index in [2.05, 4.69) is 22.7 Å². The number of nitrogens with zero attached hydrogens (tertiary/aromatic N) is 2. The maximum absolute atomic E-state index is 12.7. The van der Waals surface area contributed by atoms with Gasteiger partial charge < -0.3 is 10.6 Å². The largest absolute Gasteiger partial charge is 0.351 e. The molecule has 2 aromatic rings. The first-order chi connectivity index (χ1) is 12.6. The topological polar surface area (TPSA) is 59.0 Å². The van der Waals surface area contributed by atoms with Crippen LogP contribution in [-0.4, -0.2) is 27.8 Å². The summed E-state index contributed by atoms with van der Waals surface area (Å²) in [6, 6.07) is 10.6. The molecular formula is C21H29ClN4O. The molecule has 1 saturated heterocycles. The van der Waals surface area contributed by atoms with Crippen LogP contribution in [0.1, 0.15) is 49.1 Å². The van der Waals surface area contributed by atoms with Crippen molar-refractivity contribution in [2.45, 2.75) is 64.6 Å². The Morgan fingerprint density at radius 1 is 1.22 bits per heavy atom. The zero-order chi connectivity index (χ0) is 18.1. The van der Waals surface area contributed by atoms with Gasteiger partial charge in [0.05, 0.1) is 17.4 Å². The van der Waals surface area contributed by atoms with Gasteiger partial charge in [-0.1, -0.05) is 31.0 Å². The molecule has 1 amide bonds. The number of nitrogens with one attached hydrogen (secondary N) is 2. The van der Waals surface area contributed by atoms with E-state index in [-0.39, 0.29) is 24.4 Å². The molecule has 2 N–H and O–H groups in total. The van der Waals surface area contributed by atoms with Gasteiger partial charge in [-0.05, 0) is 51.2 Å². The second-order valence-electron chi connectivity index (χ2n) is 7.72.